The second kappa shape index (κ2) is 9.86. The standard InChI is InChI=1S/C27H31N5S2/c1-19-4-11-24-25(18-19)34-26(29-24)22-7-9-23(10-8-22)28-27(33)31-15-12-30(13-16-31)14-17-32-20(2)5-6-21(32)3/h4-11,18H,12-17H2,1-3H3,(H,28,33). The van der Waals surface area contributed by atoms with Gasteiger partial charge >= 0.3 is 0 Å². The van der Waals surface area contributed by atoms with Crippen LogP contribution in [0.5, 0.6) is 0 Å². The van der Waals surface area contributed by atoms with Gasteiger partial charge in [0.25, 0.3) is 0 Å². The summed E-state index contributed by atoms with van der Waals surface area (Å²) in [5, 5.41) is 5.28. The molecule has 0 bridgehead atoms. The first-order chi connectivity index (χ1) is 16.5. The molecule has 0 spiro atoms. The third-order valence-electron chi connectivity index (χ3n) is 6.64. The average molecular weight is 490 g/mol. The van der Waals surface area contributed by atoms with Crippen molar-refractivity contribution < 1.29 is 0 Å². The van der Waals surface area contributed by atoms with Crippen molar-refractivity contribution in [2.45, 2.75) is 27.3 Å². The maximum absolute atomic E-state index is 5.72. The third-order valence-corrected chi connectivity index (χ3v) is 8.07. The summed E-state index contributed by atoms with van der Waals surface area (Å²) in [4.78, 5) is 9.61. The Labute approximate surface area is 211 Å². The molecule has 0 saturated carbocycles. The van der Waals surface area contributed by atoms with Crippen LogP contribution in [0.3, 0.4) is 0 Å². The van der Waals surface area contributed by atoms with Crippen molar-refractivity contribution in [2.75, 3.05) is 38.0 Å². The molecule has 1 fully saturated rings. The Bertz CT molecular complexity index is 1280. The molecule has 5 rings (SSSR count). The second-order valence-corrected chi connectivity index (χ2v) is 10.5. The number of hydrogen-bond acceptors (Lipinski definition) is 4. The van der Waals surface area contributed by atoms with E-state index in [1.807, 2.05) is 0 Å². The maximum atomic E-state index is 5.72. The highest BCUT2D eigenvalue weighted by Crippen LogP contribution is 2.31. The Balaban J connectivity index is 1.13. The van der Waals surface area contributed by atoms with Gasteiger partial charge in [0.15, 0.2) is 5.11 Å². The van der Waals surface area contributed by atoms with E-state index in [-0.39, 0.29) is 0 Å². The van der Waals surface area contributed by atoms with Crippen molar-refractivity contribution in [3.63, 3.8) is 0 Å². The molecule has 5 nitrogen and oxygen atoms in total. The lowest BCUT2D eigenvalue weighted by atomic mass is 10.2. The van der Waals surface area contributed by atoms with Gasteiger partial charge in [0.2, 0.25) is 0 Å². The van der Waals surface area contributed by atoms with Gasteiger partial charge < -0.3 is 14.8 Å². The maximum Gasteiger partial charge on any atom is 0.173 e. The van der Waals surface area contributed by atoms with Crippen LogP contribution in [0, 0.1) is 20.8 Å². The zero-order chi connectivity index (χ0) is 23.7. The molecule has 7 heteroatoms. The Morgan fingerprint density at radius 1 is 0.912 bits per heavy atom. The number of thiazole rings is 1. The number of benzene rings is 2. The van der Waals surface area contributed by atoms with Gasteiger partial charge in [0.1, 0.15) is 5.01 Å². The zero-order valence-corrected chi connectivity index (χ0v) is 21.7. The minimum atomic E-state index is 0.806. The molecule has 1 aliphatic heterocycles. The van der Waals surface area contributed by atoms with Crippen LogP contribution in [0.15, 0.2) is 54.6 Å². The molecule has 176 valence electrons. The zero-order valence-electron chi connectivity index (χ0n) is 20.0. The van der Waals surface area contributed by atoms with Gasteiger partial charge in [-0.05, 0) is 87.1 Å². The molecule has 1 aliphatic rings. The van der Waals surface area contributed by atoms with Crippen LogP contribution in [0.4, 0.5) is 5.69 Å². The van der Waals surface area contributed by atoms with Crippen LogP contribution in [0.25, 0.3) is 20.8 Å². The monoisotopic (exact) mass is 489 g/mol. The number of aromatic nitrogens is 2. The van der Waals surface area contributed by atoms with Crippen molar-refractivity contribution >= 4 is 44.6 Å². The van der Waals surface area contributed by atoms with Crippen LogP contribution >= 0.6 is 23.6 Å². The molecule has 3 heterocycles. The molecule has 0 unspecified atom stereocenters. The third kappa shape index (κ3) is 5.02. The highest BCUT2D eigenvalue weighted by molar-refractivity contribution is 7.80. The predicted octanol–water partition coefficient (Wildman–Crippen LogP) is 5.70. The van der Waals surface area contributed by atoms with E-state index in [0.29, 0.717) is 0 Å². The molecule has 4 aromatic rings. The molecule has 0 aliphatic carbocycles. The number of hydrogen-bond donors (Lipinski definition) is 1. The van der Waals surface area contributed by atoms with Gasteiger partial charge in [-0.25, -0.2) is 4.98 Å². The predicted molar refractivity (Wildman–Crippen MR) is 148 cm³/mol. The van der Waals surface area contributed by atoms with Crippen LogP contribution in [-0.2, 0) is 6.54 Å². The smallest absolute Gasteiger partial charge is 0.173 e. The molecule has 2 aromatic heterocycles. The molecule has 0 atom stereocenters. The van der Waals surface area contributed by atoms with Crippen molar-refractivity contribution in [2.24, 2.45) is 0 Å². The number of anilines is 1. The van der Waals surface area contributed by atoms with Gasteiger partial charge in [0.05, 0.1) is 10.2 Å². The molecule has 2 aromatic carbocycles. The van der Waals surface area contributed by atoms with E-state index in [1.165, 1.54) is 21.7 Å². The fourth-order valence-corrected chi connectivity index (χ4v) is 5.89. The molecule has 34 heavy (non-hydrogen) atoms. The van der Waals surface area contributed by atoms with Gasteiger partial charge in [-0.3, -0.25) is 4.90 Å². The Morgan fingerprint density at radius 2 is 1.62 bits per heavy atom. The lowest BCUT2D eigenvalue weighted by Gasteiger charge is -2.36. The molecular weight excluding hydrogens is 458 g/mol. The van der Waals surface area contributed by atoms with Crippen LogP contribution < -0.4 is 5.32 Å². The Kier molecular flexibility index (Phi) is 6.68. The van der Waals surface area contributed by atoms with Crippen molar-refractivity contribution in [1.82, 2.24) is 19.4 Å². The number of thiocarbonyl (C=S) groups is 1. The van der Waals surface area contributed by atoms with Crippen LogP contribution in [-0.4, -0.2) is 57.2 Å². The lowest BCUT2D eigenvalue weighted by molar-refractivity contribution is 0.178. The minimum absolute atomic E-state index is 0.806. The Morgan fingerprint density at radius 3 is 2.32 bits per heavy atom. The number of rotatable bonds is 5. The quantitative estimate of drug-likeness (QED) is 0.364. The van der Waals surface area contributed by atoms with Gasteiger partial charge in [0, 0.05) is 61.9 Å². The summed E-state index contributed by atoms with van der Waals surface area (Å²) in [6.45, 7) is 12.6. The number of aryl methyl sites for hydroxylation is 3. The van der Waals surface area contributed by atoms with Gasteiger partial charge in [-0.2, -0.15) is 0 Å². The molecule has 0 radical (unpaired) electrons. The average Bonchev–Trinajstić information content (AvgIpc) is 3.40. The second-order valence-electron chi connectivity index (χ2n) is 9.09. The highest BCUT2D eigenvalue weighted by Gasteiger charge is 2.19. The lowest BCUT2D eigenvalue weighted by Crippen LogP contribution is -2.50. The molecular formula is C27H31N5S2. The van der Waals surface area contributed by atoms with E-state index in [0.717, 1.165) is 66.2 Å². The highest BCUT2D eigenvalue weighted by atomic mass is 32.1. The first-order valence-electron chi connectivity index (χ1n) is 11.8. The van der Waals surface area contributed by atoms with E-state index in [9.17, 15) is 0 Å². The summed E-state index contributed by atoms with van der Waals surface area (Å²) in [7, 11) is 0. The van der Waals surface area contributed by atoms with E-state index >= 15 is 0 Å². The summed E-state index contributed by atoms with van der Waals surface area (Å²) in [5.74, 6) is 0. The topological polar surface area (TPSA) is 36.3 Å². The minimum Gasteiger partial charge on any atom is -0.348 e. The van der Waals surface area contributed by atoms with E-state index in [4.69, 9.17) is 17.2 Å². The van der Waals surface area contributed by atoms with Crippen molar-refractivity contribution in [3.8, 4) is 10.6 Å². The van der Waals surface area contributed by atoms with E-state index in [2.05, 4.69) is 95.1 Å². The summed E-state index contributed by atoms with van der Waals surface area (Å²) >= 11 is 7.46. The Hall–Kier alpha value is -2.74. The van der Waals surface area contributed by atoms with Crippen molar-refractivity contribution in [1.29, 1.82) is 0 Å². The summed E-state index contributed by atoms with van der Waals surface area (Å²) in [6.07, 6.45) is 0. The summed E-state index contributed by atoms with van der Waals surface area (Å²) in [5.41, 5.74) is 7.16. The largest absolute Gasteiger partial charge is 0.348 e. The van der Waals surface area contributed by atoms with Crippen LogP contribution in [0.2, 0.25) is 0 Å². The van der Waals surface area contributed by atoms with Gasteiger partial charge in [-0.15, -0.1) is 11.3 Å². The number of piperazine rings is 1. The van der Waals surface area contributed by atoms with Gasteiger partial charge in [-0.1, -0.05) is 6.07 Å². The van der Waals surface area contributed by atoms with E-state index < -0.39 is 0 Å². The number of nitrogens with one attached hydrogen (secondary N) is 1. The van der Waals surface area contributed by atoms with Crippen LogP contribution in [0.1, 0.15) is 17.0 Å². The fourth-order valence-electron chi connectivity index (χ4n) is 4.52. The molecule has 1 N–H and O–H groups in total. The number of fused-ring (bicyclic) bond motifs is 1. The SMILES string of the molecule is Cc1ccc2nc(-c3ccc(NC(=S)N4CCN(CCn5c(C)ccc5C)CC4)cc3)sc2c1. The summed E-state index contributed by atoms with van der Waals surface area (Å²) < 4.78 is 3.63. The summed E-state index contributed by atoms with van der Waals surface area (Å²) in [6, 6.07) is 19.2. The normalized spacial score (nSPS) is 14.6. The molecule has 1 saturated heterocycles. The fraction of sp³-hybridized carbons (Fsp3) is 0.333. The molecule has 0 amide bonds. The van der Waals surface area contributed by atoms with E-state index in [1.54, 1.807) is 11.3 Å². The first-order valence-corrected chi connectivity index (χ1v) is 13.1. The first kappa shape index (κ1) is 23.0. The van der Waals surface area contributed by atoms with Crippen molar-refractivity contribution in [3.05, 3.63) is 71.5 Å². The number of nitrogens with zero attached hydrogens (tertiary/aromatic N) is 4.